The molecule has 1 aromatic rings. The van der Waals surface area contributed by atoms with E-state index in [1.54, 1.807) is 19.9 Å². The molecule has 3 N–H and O–H groups in total. The number of hydrogen-bond acceptors (Lipinski definition) is 3. The molecular formula is C13H17NO4. The van der Waals surface area contributed by atoms with Crippen molar-refractivity contribution in [1.82, 2.24) is 5.32 Å². The first-order valence-corrected chi connectivity index (χ1v) is 5.72. The Morgan fingerprint density at radius 2 is 2.06 bits per heavy atom. The van der Waals surface area contributed by atoms with Crippen molar-refractivity contribution in [2.45, 2.75) is 20.3 Å². The topological polar surface area (TPSA) is 86.6 Å². The van der Waals surface area contributed by atoms with Gasteiger partial charge in [-0.05, 0) is 37.1 Å². The van der Waals surface area contributed by atoms with Crippen molar-refractivity contribution < 1.29 is 19.8 Å². The van der Waals surface area contributed by atoms with E-state index in [2.05, 4.69) is 5.32 Å². The van der Waals surface area contributed by atoms with Crippen LogP contribution in [-0.4, -0.2) is 28.6 Å². The highest BCUT2D eigenvalue weighted by molar-refractivity contribution is 5.94. The fourth-order valence-corrected chi connectivity index (χ4v) is 1.42. The first-order chi connectivity index (χ1) is 8.41. The largest absolute Gasteiger partial charge is 0.508 e. The SMILES string of the molecule is Cc1cc(C(=O)NCCC(C)C(=O)O)ccc1O. The lowest BCUT2D eigenvalue weighted by Crippen LogP contribution is -2.27. The second-order valence-corrected chi connectivity index (χ2v) is 4.29. The number of carboxylic acids is 1. The van der Waals surface area contributed by atoms with Crippen molar-refractivity contribution in [2.75, 3.05) is 6.54 Å². The van der Waals surface area contributed by atoms with E-state index in [1.165, 1.54) is 12.1 Å². The summed E-state index contributed by atoms with van der Waals surface area (Å²) in [4.78, 5) is 22.3. The van der Waals surface area contributed by atoms with Gasteiger partial charge in [-0.3, -0.25) is 9.59 Å². The molecule has 1 atom stereocenters. The number of benzene rings is 1. The zero-order chi connectivity index (χ0) is 13.7. The maximum Gasteiger partial charge on any atom is 0.306 e. The number of aromatic hydroxyl groups is 1. The van der Waals surface area contributed by atoms with Crippen LogP contribution in [0.5, 0.6) is 5.75 Å². The van der Waals surface area contributed by atoms with Gasteiger partial charge in [0.25, 0.3) is 5.91 Å². The van der Waals surface area contributed by atoms with Crippen molar-refractivity contribution in [2.24, 2.45) is 5.92 Å². The predicted molar refractivity (Wildman–Crippen MR) is 66.6 cm³/mol. The van der Waals surface area contributed by atoms with Crippen molar-refractivity contribution in [3.8, 4) is 5.75 Å². The van der Waals surface area contributed by atoms with Crippen LogP contribution in [0.15, 0.2) is 18.2 Å². The van der Waals surface area contributed by atoms with Gasteiger partial charge in [-0.2, -0.15) is 0 Å². The van der Waals surface area contributed by atoms with Crippen LogP contribution in [0.4, 0.5) is 0 Å². The van der Waals surface area contributed by atoms with Gasteiger partial charge in [-0.15, -0.1) is 0 Å². The highest BCUT2D eigenvalue weighted by Crippen LogP contribution is 2.16. The molecule has 1 amide bonds. The number of carbonyl (C=O) groups is 2. The minimum absolute atomic E-state index is 0.144. The van der Waals surface area contributed by atoms with E-state index < -0.39 is 11.9 Å². The number of aliphatic carboxylic acids is 1. The number of nitrogens with one attached hydrogen (secondary N) is 1. The lowest BCUT2D eigenvalue weighted by atomic mass is 10.1. The number of hydrogen-bond donors (Lipinski definition) is 3. The van der Waals surface area contributed by atoms with Gasteiger partial charge in [0.1, 0.15) is 5.75 Å². The van der Waals surface area contributed by atoms with Crippen LogP contribution < -0.4 is 5.32 Å². The highest BCUT2D eigenvalue weighted by atomic mass is 16.4. The number of rotatable bonds is 5. The van der Waals surface area contributed by atoms with Crippen LogP contribution in [0.25, 0.3) is 0 Å². The Hall–Kier alpha value is -2.04. The fraction of sp³-hybridized carbons (Fsp3) is 0.385. The molecule has 0 aliphatic heterocycles. The fourth-order valence-electron chi connectivity index (χ4n) is 1.42. The van der Waals surface area contributed by atoms with Crippen LogP contribution in [0.3, 0.4) is 0 Å². The van der Waals surface area contributed by atoms with Gasteiger partial charge in [-0.1, -0.05) is 6.92 Å². The molecule has 98 valence electrons. The van der Waals surface area contributed by atoms with E-state index in [9.17, 15) is 14.7 Å². The average molecular weight is 251 g/mol. The minimum Gasteiger partial charge on any atom is -0.508 e. The summed E-state index contributed by atoms with van der Waals surface area (Å²) in [6.07, 6.45) is 0.387. The Kier molecular flexibility index (Phi) is 4.71. The summed E-state index contributed by atoms with van der Waals surface area (Å²) in [6.45, 7) is 3.62. The number of phenolic OH excluding ortho intramolecular Hbond substituents is 1. The van der Waals surface area contributed by atoms with E-state index in [0.717, 1.165) is 0 Å². The monoisotopic (exact) mass is 251 g/mol. The van der Waals surface area contributed by atoms with Gasteiger partial charge in [0.2, 0.25) is 0 Å². The highest BCUT2D eigenvalue weighted by Gasteiger charge is 2.12. The molecule has 0 aliphatic carbocycles. The molecule has 0 spiro atoms. The number of carbonyl (C=O) groups excluding carboxylic acids is 1. The Morgan fingerprint density at radius 3 is 2.61 bits per heavy atom. The Morgan fingerprint density at radius 1 is 1.39 bits per heavy atom. The van der Waals surface area contributed by atoms with Crippen molar-refractivity contribution in [3.63, 3.8) is 0 Å². The zero-order valence-corrected chi connectivity index (χ0v) is 10.4. The van der Waals surface area contributed by atoms with Gasteiger partial charge < -0.3 is 15.5 Å². The number of aryl methyl sites for hydroxylation is 1. The van der Waals surface area contributed by atoms with Crippen LogP contribution in [0.2, 0.25) is 0 Å². The molecule has 0 radical (unpaired) electrons. The first kappa shape index (κ1) is 14.0. The molecule has 0 saturated heterocycles. The average Bonchev–Trinajstić information content (AvgIpc) is 2.32. The molecule has 5 heteroatoms. The molecule has 0 bridgehead atoms. The molecule has 0 heterocycles. The summed E-state index contributed by atoms with van der Waals surface area (Å²) in [5.74, 6) is -1.47. The molecule has 0 aliphatic rings. The lowest BCUT2D eigenvalue weighted by molar-refractivity contribution is -0.141. The van der Waals surface area contributed by atoms with Crippen LogP contribution >= 0.6 is 0 Å². The Labute approximate surface area is 105 Å². The van der Waals surface area contributed by atoms with Crippen molar-refractivity contribution >= 4 is 11.9 Å². The molecule has 0 aromatic heterocycles. The molecule has 0 saturated carbocycles. The van der Waals surface area contributed by atoms with E-state index in [1.807, 2.05) is 0 Å². The number of carboxylic acid groups (broad SMARTS) is 1. The van der Waals surface area contributed by atoms with E-state index >= 15 is 0 Å². The molecule has 18 heavy (non-hydrogen) atoms. The molecule has 1 aromatic carbocycles. The maximum atomic E-state index is 11.7. The molecule has 0 fully saturated rings. The Balaban J connectivity index is 2.50. The summed E-state index contributed by atoms with van der Waals surface area (Å²) in [6, 6.07) is 4.58. The molecule has 1 rings (SSSR count). The standard InChI is InChI=1S/C13H17NO4/c1-8(13(17)18)5-6-14-12(16)10-3-4-11(15)9(2)7-10/h3-4,7-8,15H,5-6H2,1-2H3,(H,14,16)(H,17,18). The first-order valence-electron chi connectivity index (χ1n) is 5.72. The summed E-state index contributed by atoms with van der Waals surface area (Å²) in [7, 11) is 0. The van der Waals surface area contributed by atoms with E-state index in [4.69, 9.17) is 5.11 Å². The minimum atomic E-state index is -0.871. The second-order valence-electron chi connectivity index (χ2n) is 4.29. The predicted octanol–water partition coefficient (Wildman–Crippen LogP) is 1.54. The quantitative estimate of drug-likeness (QED) is 0.740. The van der Waals surface area contributed by atoms with E-state index in [0.29, 0.717) is 24.1 Å². The summed E-state index contributed by atoms with van der Waals surface area (Å²) < 4.78 is 0. The molecule has 1 unspecified atom stereocenters. The lowest BCUT2D eigenvalue weighted by Gasteiger charge is -2.08. The van der Waals surface area contributed by atoms with Crippen LogP contribution in [-0.2, 0) is 4.79 Å². The van der Waals surface area contributed by atoms with Crippen LogP contribution in [0.1, 0.15) is 29.3 Å². The summed E-state index contributed by atoms with van der Waals surface area (Å²) >= 11 is 0. The van der Waals surface area contributed by atoms with Gasteiger partial charge in [-0.25, -0.2) is 0 Å². The molecular weight excluding hydrogens is 234 g/mol. The van der Waals surface area contributed by atoms with Gasteiger partial charge in [0.05, 0.1) is 5.92 Å². The second kappa shape index (κ2) is 6.05. The summed E-state index contributed by atoms with van der Waals surface area (Å²) in [5.41, 5.74) is 1.08. The van der Waals surface area contributed by atoms with Gasteiger partial charge in [0.15, 0.2) is 0 Å². The van der Waals surface area contributed by atoms with Crippen molar-refractivity contribution in [3.05, 3.63) is 29.3 Å². The van der Waals surface area contributed by atoms with Crippen LogP contribution in [0, 0.1) is 12.8 Å². The Bertz CT molecular complexity index is 456. The smallest absolute Gasteiger partial charge is 0.306 e. The third-order valence-electron chi connectivity index (χ3n) is 2.74. The van der Waals surface area contributed by atoms with E-state index in [-0.39, 0.29) is 11.7 Å². The third-order valence-corrected chi connectivity index (χ3v) is 2.74. The number of phenols is 1. The maximum absolute atomic E-state index is 11.7. The molecule has 5 nitrogen and oxygen atoms in total. The zero-order valence-electron chi connectivity index (χ0n) is 10.4. The van der Waals surface area contributed by atoms with Gasteiger partial charge in [0, 0.05) is 12.1 Å². The third kappa shape index (κ3) is 3.76. The summed E-state index contributed by atoms with van der Waals surface area (Å²) in [5, 5.41) is 20.7. The number of amides is 1. The normalized spacial score (nSPS) is 11.9. The van der Waals surface area contributed by atoms with Crippen molar-refractivity contribution in [1.29, 1.82) is 0 Å². The van der Waals surface area contributed by atoms with Gasteiger partial charge >= 0.3 is 5.97 Å².